The number of nitrogens with zero attached hydrogens (tertiary/aromatic N) is 2. The molecule has 1 fully saturated rings. The van der Waals surface area contributed by atoms with Gasteiger partial charge >= 0.3 is 0 Å². The van der Waals surface area contributed by atoms with Gasteiger partial charge in [-0.15, -0.1) is 11.3 Å². The highest BCUT2D eigenvalue weighted by Gasteiger charge is 2.18. The number of hydrogen-bond acceptors (Lipinski definition) is 6. The Morgan fingerprint density at radius 1 is 1.06 bits per heavy atom. The maximum absolute atomic E-state index is 12.6. The summed E-state index contributed by atoms with van der Waals surface area (Å²) in [7, 11) is 0. The second-order valence-corrected chi connectivity index (χ2v) is 9.16. The number of pyridine rings is 2. The molecule has 1 aliphatic heterocycles. The number of thiazole rings is 1. The predicted molar refractivity (Wildman–Crippen MR) is 128 cm³/mol. The van der Waals surface area contributed by atoms with E-state index in [4.69, 9.17) is 4.98 Å². The molecule has 31 heavy (non-hydrogen) atoms. The first-order valence-electron chi connectivity index (χ1n) is 10.6. The number of anilines is 2. The first-order valence-corrected chi connectivity index (χ1v) is 11.5. The quantitative estimate of drug-likeness (QED) is 0.429. The molecule has 0 aliphatic carbocycles. The van der Waals surface area contributed by atoms with Gasteiger partial charge in [0.25, 0.3) is 5.56 Å². The summed E-state index contributed by atoms with van der Waals surface area (Å²) < 4.78 is 0. The molecule has 0 radical (unpaired) electrons. The van der Waals surface area contributed by atoms with Crippen molar-refractivity contribution in [1.82, 2.24) is 20.3 Å². The summed E-state index contributed by atoms with van der Waals surface area (Å²) in [5.74, 6) is 1.15. The standard InChI is InChI=1S/C24H25N5OS/c1-14-11-18(3-4-19(14)16-5-8-25-9-6-16)28-23-22-17(7-10-26-24(22)30)12-20(29-23)21-13-31-15(2)27-21/h3-4,7,10-13,16,25H,5-6,8-9H2,1-2H3,(H,26,30)(H,28,29). The van der Waals surface area contributed by atoms with Crippen LogP contribution in [0.5, 0.6) is 0 Å². The highest BCUT2D eigenvalue weighted by atomic mass is 32.1. The van der Waals surface area contributed by atoms with Crippen LogP contribution < -0.4 is 16.2 Å². The molecule has 0 saturated carbocycles. The van der Waals surface area contributed by atoms with E-state index in [1.807, 2.05) is 24.4 Å². The van der Waals surface area contributed by atoms with Gasteiger partial charge in [0.05, 0.1) is 21.8 Å². The van der Waals surface area contributed by atoms with Crippen LogP contribution in [-0.2, 0) is 0 Å². The SMILES string of the molecule is Cc1nc(-c2cc3cc[nH]c(=O)c3c(Nc3ccc(C4CCNCC4)c(C)c3)n2)cs1. The predicted octanol–water partition coefficient (Wildman–Crippen LogP) is 4.87. The number of hydrogen-bond donors (Lipinski definition) is 3. The molecule has 3 aromatic heterocycles. The molecule has 6 nitrogen and oxygen atoms in total. The van der Waals surface area contributed by atoms with E-state index in [1.165, 1.54) is 24.0 Å². The fraction of sp³-hybridized carbons (Fsp3) is 0.292. The summed E-state index contributed by atoms with van der Waals surface area (Å²) in [6.45, 7) is 6.29. The Labute approximate surface area is 184 Å². The molecule has 3 N–H and O–H groups in total. The van der Waals surface area contributed by atoms with E-state index < -0.39 is 0 Å². The normalized spacial score (nSPS) is 14.8. The molecule has 4 aromatic rings. The van der Waals surface area contributed by atoms with Crippen LogP contribution in [0.15, 0.2) is 46.7 Å². The first kappa shape index (κ1) is 19.9. The maximum Gasteiger partial charge on any atom is 0.259 e. The van der Waals surface area contributed by atoms with Gasteiger partial charge in [-0.3, -0.25) is 4.79 Å². The number of aromatic nitrogens is 3. The van der Waals surface area contributed by atoms with Crippen LogP contribution in [0.25, 0.3) is 22.2 Å². The molecule has 1 aliphatic rings. The molecule has 158 valence electrons. The van der Waals surface area contributed by atoms with Crippen molar-refractivity contribution in [1.29, 1.82) is 0 Å². The Bertz CT molecular complexity index is 1300. The number of fused-ring (bicyclic) bond motifs is 1. The second-order valence-electron chi connectivity index (χ2n) is 8.10. The topological polar surface area (TPSA) is 82.7 Å². The number of nitrogens with one attached hydrogen (secondary N) is 3. The minimum Gasteiger partial charge on any atom is -0.340 e. The van der Waals surface area contributed by atoms with Crippen LogP contribution in [0.2, 0.25) is 0 Å². The molecular weight excluding hydrogens is 406 g/mol. The van der Waals surface area contributed by atoms with E-state index in [0.29, 0.717) is 17.1 Å². The molecule has 0 unspecified atom stereocenters. The second kappa shape index (κ2) is 8.24. The molecular formula is C24H25N5OS. The van der Waals surface area contributed by atoms with E-state index >= 15 is 0 Å². The van der Waals surface area contributed by atoms with Crippen LogP contribution in [0.1, 0.15) is 34.9 Å². The van der Waals surface area contributed by atoms with E-state index in [1.54, 1.807) is 17.5 Å². The van der Waals surface area contributed by atoms with Crippen molar-refractivity contribution in [3.8, 4) is 11.4 Å². The first-order chi connectivity index (χ1) is 15.1. The average Bonchev–Trinajstić information content (AvgIpc) is 3.21. The van der Waals surface area contributed by atoms with Gasteiger partial charge in [0.15, 0.2) is 0 Å². The van der Waals surface area contributed by atoms with E-state index in [0.717, 1.165) is 40.6 Å². The van der Waals surface area contributed by atoms with Gasteiger partial charge in [0.2, 0.25) is 0 Å². The van der Waals surface area contributed by atoms with Crippen LogP contribution in [0.3, 0.4) is 0 Å². The van der Waals surface area contributed by atoms with Crippen molar-refractivity contribution in [2.24, 2.45) is 0 Å². The molecule has 5 rings (SSSR count). The monoisotopic (exact) mass is 431 g/mol. The Morgan fingerprint density at radius 2 is 1.90 bits per heavy atom. The molecule has 1 aromatic carbocycles. The lowest BCUT2D eigenvalue weighted by molar-refractivity contribution is 0.459. The number of rotatable bonds is 4. The molecule has 1 saturated heterocycles. The van der Waals surface area contributed by atoms with Gasteiger partial charge < -0.3 is 15.6 Å². The van der Waals surface area contributed by atoms with Gasteiger partial charge in [-0.05, 0) is 86.5 Å². The third-order valence-electron chi connectivity index (χ3n) is 5.95. The number of piperidine rings is 1. The Morgan fingerprint density at radius 3 is 2.65 bits per heavy atom. The zero-order valence-corrected chi connectivity index (χ0v) is 18.5. The number of aromatic amines is 1. The minimum absolute atomic E-state index is 0.156. The molecule has 0 amide bonds. The Hall–Kier alpha value is -3.03. The largest absolute Gasteiger partial charge is 0.340 e. The van der Waals surface area contributed by atoms with Crippen molar-refractivity contribution in [2.45, 2.75) is 32.6 Å². The van der Waals surface area contributed by atoms with Crippen molar-refractivity contribution >= 4 is 33.6 Å². The van der Waals surface area contributed by atoms with Gasteiger partial charge in [0.1, 0.15) is 5.82 Å². The maximum atomic E-state index is 12.6. The molecule has 0 bridgehead atoms. The van der Waals surface area contributed by atoms with E-state index in [9.17, 15) is 4.79 Å². The molecule has 4 heterocycles. The minimum atomic E-state index is -0.156. The fourth-order valence-corrected chi connectivity index (χ4v) is 5.00. The number of benzene rings is 1. The van der Waals surface area contributed by atoms with Crippen molar-refractivity contribution in [3.63, 3.8) is 0 Å². The fourth-order valence-electron chi connectivity index (χ4n) is 4.40. The highest BCUT2D eigenvalue weighted by Crippen LogP contribution is 2.32. The Balaban J connectivity index is 1.55. The van der Waals surface area contributed by atoms with Gasteiger partial charge in [-0.25, -0.2) is 9.97 Å². The third kappa shape index (κ3) is 3.98. The lowest BCUT2D eigenvalue weighted by Gasteiger charge is -2.25. The van der Waals surface area contributed by atoms with Crippen LogP contribution >= 0.6 is 11.3 Å². The molecule has 7 heteroatoms. The van der Waals surface area contributed by atoms with Crippen LogP contribution in [-0.4, -0.2) is 28.0 Å². The Kier molecular flexibility index (Phi) is 5.29. The van der Waals surface area contributed by atoms with Crippen molar-refractivity contribution < 1.29 is 0 Å². The smallest absolute Gasteiger partial charge is 0.259 e. The van der Waals surface area contributed by atoms with Crippen molar-refractivity contribution in [3.05, 3.63) is 68.4 Å². The molecule has 0 atom stereocenters. The van der Waals surface area contributed by atoms with Crippen molar-refractivity contribution in [2.75, 3.05) is 18.4 Å². The molecule has 0 spiro atoms. The zero-order chi connectivity index (χ0) is 21.4. The lowest BCUT2D eigenvalue weighted by atomic mass is 9.87. The van der Waals surface area contributed by atoms with E-state index in [-0.39, 0.29) is 5.56 Å². The van der Waals surface area contributed by atoms with Crippen LogP contribution in [0.4, 0.5) is 11.5 Å². The van der Waals surface area contributed by atoms with Crippen LogP contribution in [0, 0.1) is 13.8 Å². The van der Waals surface area contributed by atoms with E-state index in [2.05, 4.69) is 45.7 Å². The summed E-state index contributed by atoms with van der Waals surface area (Å²) >= 11 is 1.59. The summed E-state index contributed by atoms with van der Waals surface area (Å²) in [6.07, 6.45) is 4.01. The zero-order valence-electron chi connectivity index (χ0n) is 17.7. The van der Waals surface area contributed by atoms with Gasteiger partial charge in [-0.1, -0.05) is 6.07 Å². The average molecular weight is 432 g/mol. The van der Waals surface area contributed by atoms with Gasteiger partial charge in [0, 0.05) is 17.3 Å². The highest BCUT2D eigenvalue weighted by molar-refractivity contribution is 7.09. The number of H-pyrrole nitrogens is 1. The van der Waals surface area contributed by atoms with Gasteiger partial charge in [-0.2, -0.15) is 0 Å². The summed E-state index contributed by atoms with van der Waals surface area (Å²) in [4.78, 5) is 24.7. The summed E-state index contributed by atoms with van der Waals surface area (Å²) in [5.41, 5.74) is 5.03. The lowest BCUT2D eigenvalue weighted by Crippen LogP contribution is -2.26. The summed E-state index contributed by atoms with van der Waals surface area (Å²) in [6, 6.07) is 10.3. The third-order valence-corrected chi connectivity index (χ3v) is 6.72. The number of aryl methyl sites for hydroxylation is 2. The summed E-state index contributed by atoms with van der Waals surface area (Å²) in [5, 5.41) is 11.2.